The number of benzene rings is 2. The van der Waals surface area contributed by atoms with E-state index >= 15 is 0 Å². The van der Waals surface area contributed by atoms with Crippen LogP contribution in [0, 0.1) is 5.92 Å². The highest BCUT2D eigenvalue weighted by atomic mass is 16.3. The van der Waals surface area contributed by atoms with Crippen LogP contribution in [0.25, 0.3) is 10.8 Å². The van der Waals surface area contributed by atoms with Crippen LogP contribution in [0.1, 0.15) is 13.8 Å². The molecule has 0 fully saturated rings. The van der Waals surface area contributed by atoms with Gasteiger partial charge in [0.25, 0.3) is 0 Å². The SMILES string of the molecule is CC(C)C(CO)Nc1ccc2ccccc2c1. The molecule has 0 aliphatic carbocycles. The number of nitrogens with one attached hydrogen (secondary N) is 1. The summed E-state index contributed by atoms with van der Waals surface area (Å²) in [5, 5.41) is 15.1. The normalized spacial score (nSPS) is 12.9. The highest BCUT2D eigenvalue weighted by molar-refractivity contribution is 5.85. The van der Waals surface area contributed by atoms with Crippen LogP contribution in [0.15, 0.2) is 42.5 Å². The first kappa shape index (κ1) is 11.9. The first-order chi connectivity index (χ1) is 8.20. The fourth-order valence-corrected chi connectivity index (χ4v) is 1.92. The molecule has 0 heterocycles. The van der Waals surface area contributed by atoms with Crippen LogP contribution in [-0.4, -0.2) is 17.8 Å². The van der Waals surface area contributed by atoms with Crippen molar-refractivity contribution < 1.29 is 5.11 Å². The number of hydrogen-bond donors (Lipinski definition) is 2. The van der Waals surface area contributed by atoms with Crippen LogP contribution in [0.4, 0.5) is 5.69 Å². The van der Waals surface area contributed by atoms with Gasteiger partial charge >= 0.3 is 0 Å². The average molecular weight is 229 g/mol. The van der Waals surface area contributed by atoms with E-state index in [9.17, 15) is 5.11 Å². The van der Waals surface area contributed by atoms with Gasteiger partial charge in [-0.15, -0.1) is 0 Å². The van der Waals surface area contributed by atoms with Crippen molar-refractivity contribution in [2.75, 3.05) is 11.9 Å². The molecule has 0 saturated carbocycles. The van der Waals surface area contributed by atoms with Crippen LogP contribution >= 0.6 is 0 Å². The Kier molecular flexibility index (Phi) is 3.64. The summed E-state index contributed by atoms with van der Waals surface area (Å²) in [4.78, 5) is 0. The first-order valence-corrected chi connectivity index (χ1v) is 6.07. The van der Waals surface area contributed by atoms with Crippen LogP contribution < -0.4 is 5.32 Å². The van der Waals surface area contributed by atoms with Crippen LogP contribution in [0.5, 0.6) is 0 Å². The maximum absolute atomic E-state index is 9.31. The maximum atomic E-state index is 9.31. The molecule has 0 saturated heterocycles. The van der Waals surface area contributed by atoms with Crippen molar-refractivity contribution in [2.45, 2.75) is 19.9 Å². The second-order valence-corrected chi connectivity index (χ2v) is 4.74. The zero-order valence-corrected chi connectivity index (χ0v) is 10.4. The van der Waals surface area contributed by atoms with Crippen LogP contribution in [0.2, 0.25) is 0 Å². The van der Waals surface area contributed by atoms with E-state index in [1.165, 1.54) is 10.8 Å². The molecule has 17 heavy (non-hydrogen) atoms. The van der Waals surface area contributed by atoms with Gasteiger partial charge in [0, 0.05) is 5.69 Å². The van der Waals surface area contributed by atoms with Gasteiger partial charge in [0.05, 0.1) is 12.6 Å². The zero-order chi connectivity index (χ0) is 12.3. The smallest absolute Gasteiger partial charge is 0.0635 e. The fraction of sp³-hybridized carbons (Fsp3) is 0.333. The molecule has 0 aliphatic heterocycles. The van der Waals surface area contributed by atoms with E-state index in [0.29, 0.717) is 5.92 Å². The summed E-state index contributed by atoms with van der Waals surface area (Å²) in [6.45, 7) is 4.37. The Morgan fingerprint density at radius 2 is 1.76 bits per heavy atom. The van der Waals surface area contributed by atoms with Crippen molar-refractivity contribution in [1.82, 2.24) is 0 Å². The van der Waals surface area contributed by atoms with Crippen LogP contribution in [0.3, 0.4) is 0 Å². The predicted molar refractivity (Wildman–Crippen MR) is 73.3 cm³/mol. The first-order valence-electron chi connectivity index (χ1n) is 6.07. The molecule has 0 aliphatic rings. The van der Waals surface area contributed by atoms with E-state index < -0.39 is 0 Å². The molecular formula is C15H19NO. The summed E-state index contributed by atoms with van der Waals surface area (Å²) in [6, 6.07) is 14.7. The monoisotopic (exact) mass is 229 g/mol. The molecule has 2 aromatic carbocycles. The number of aliphatic hydroxyl groups is 1. The van der Waals surface area contributed by atoms with Crippen molar-refractivity contribution in [1.29, 1.82) is 0 Å². The molecule has 2 N–H and O–H groups in total. The minimum absolute atomic E-state index is 0.108. The number of rotatable bonds is 4. The van der Waals surface area contributed by atoms with E-state index in [2.05, 4.69) is 49.5 Å². The number of fused-ring (bicyclic) bond motifs is 1. The van der Waals surface area contributed by atoms with Gasteiger partial charge in [0.15, 0.2) is 0 Å². The van der Waals surface area contributed by atoms with Gasteiger partial charge in [-0.2, -0.15) is 0 Å². The van der Waals surface area contributed by atoms with Gasteiger partial charge in [-0.1, -0.05) is 44.2 Å². The molecule has 0 spiro atoms. The van der Waals surface area contributed by atoms with Crippen molar-refractivity contribution in [3.63, 3.8) is 0 Å². The lowest BCUT2D eigenvalue weighted by atomic mass is 10.0. The zero-order valence-electron chi connectivity index (χ0n) is 10.4. The highest BCUT2D eigenvalue weighted by Gasteiger charge is 2.11. The van der Waals surface area contributed by atoms with Crippen molar-refractivity contribution in [2.24, 2.45) is 5.92 Å². The van der Waals surface area contributed by atoms with Crippen molar-refractivity contribution >= 4 is 16.5 Å². The summed E-state index contributed by atoms with van der Waals surface area (Å²) in [5.41, 5.74) is 1.07. The Hall–Kier alpha value is -1.54. The average Bonchev–Trinajstić information content (AvgIpc) is 2.35. The van der Waals surface area contributed by atoms with Gasteiger partial charge in [-0.3, -0.25) is 0 Å². The van der Waals surface area contributed by atoms with E-state index in [-0.39, 0.29) is 12.6 Å². The van der Waals surface area contributed by atoms with E-state index in [1.807, 2.05) is 12.1 Å². The Bertz CT molecular complexity index is 493. The van der Waals surface area contributed by atoms with Gasteiger partial charge in [0.2, 0.25) is 0 Å². The Morgan fingerprint density at radius 3 is 2.41 bits per heavy atom. The van der Waals surface area contributed by atoms with E-state index in [0.717, 1.165) is 5.69 Å². The van der Waals surface area contributed by atoms with E-state index in [1.54, 1.807) is 0 Å². The minimum atomic E-state index is 0.108. The molecule has 0 aromatic heterocycles. The summed E-state index contributed by atoms with van der Waals surface area (Å²) >= 11 is 0. The Balaban J connectivity index is 2.24. The molecule has 2 aromatic rings. The highest BCUT2D eigenvalue weighted by Crippen LogP contribution is 2.20. The quantitative estimate of drug-likeness (QED) is 0.843. The molecule has 0 amide bonds. The molecule has 0 radical (unpaired) electrons. The third-order valence-electron chi connectivity index (χ3n) is 3.10. The fourth-order valence-electron chi connectivity index (χ4n) is 1.92. The largest absolute Gasteiger partial charge is 0.394 e. The van der Waals surface area contributed by atoms with Crippen molar-refractivity contribution in [3.05, 3.63) is 42.5 Å². The second kappa shape index (κ2) is 5.19. The van der Waals surface area contributed by atoms with Crippen molar-refractivity contribution in [3.8, 4) is 0 Å². The lowest BCUT2D eigenvalue weighted by Crippen LogP contribution is -2.29. The van der Waals surface area contributed by atoms with E-state index in [4.69, 9.17) is 0 Å². The Morgan fingerprint density at radius 1 is 1.06 bits per heavy atom. The molecule has 2 heteroatoms. The summed E-state index contributed by atoms with van der Waals surface area (Å²) in [7, 11) is 0. The topological polar surface area (TPSA) is 32.3 Å². The standard InChI is InChI=1S/C15H19NO/c1-11(2)15(10-17)16-14-8-7-12-5-3-4-6-13(12)9-14/h3-9,11,15-17H,10H2,1-2H3. The minimum Gasteiger partial charge on any atom is -0.394 e. The maximum Gasteiger partial charge on any atom is 0.0635 e. The van der Waals surface area contributed by atoms with Gasteiger partial charge in [0.1, 0.15) is 0 Å². The number of anilines is 1. The summed E-state index contributed by atoms with van der Waals surface area (Å²) in [6.07, 6.45) is 0. The van der Waals surface area contributed by atoms with Gasteiger partial charge in [-0.25, -0.2) is 0 Å². The third kappa shape index (κ3) is 2.77. The molecule has 1 atom stereocenters. The summed E-state index contributed by atoms with van der Waals surface area (Å²) in [5.74, 6) is 0.409. The molecule has 2 rings (SSSR count). The molecule has 2 nitrogen and oxygen atoms in total. The molecular weight excluding hydrogens is 210 g/mol. The third-order valence-corrected chi connectivity index (χ3v) is 3.10. The lowest BCUT2D eigenvalue weighted by molar-refractivity contribution is 0.249. The van der Waals surface area contributed by atoms with Crippen LogP contribution in [-0.2, 0) is 0 Å². The Labute approximate surface area is 102 Å². The molecule has 90 valence electrons. The number of aliphatic hydroxyl groups excluding tert-OH is 1. The lowest BCUT2D eigenvalue weighted by Gasteiger charge is -2.21. The number of hydrogen-bond acceptors (Lipinski definition) is 2. The summed E-state index contributed by atoms with van der Waals surface area (Å²) < 4.78 is 0. The molecule has 1 unspecified atom stereocenters. The van der Waals surface area contributed by atoms with Gasteiger partial charge < -0.3 is 10.4 Å². The second-order valence-electron chi connectivity index (χ2n) is 4.74. The predicted octanol–water partition coefficient (Wildman–Crippen LogP) is 3.27. The van der Waals surface area contributed by atoms with Gasteiger partial charge in [-0.05, 0) is 28.8 Å². The molecule has 0 bridgehead atoms.